The fraction of sp³-hybridized carbons (Fsp3) is 0.600. The molecule has 3 rings (SSSR count). The fourth-order valence-electron chi connectivity index (χ4n) is 3.94. The van der Waals surface area contributed by atoms with Crippen molar-refractivity contribution in [1.82, 2.24) is 10.2 Å². The first-order valence-electron chi connectivity index (χ1n) is 9.24. The van der Waals surface area contributed by atoms with E-state index in [1.807, 2.05) is 24.1 Å². The highest BCUT2D eigenvalue weighted by Crippen LogP contribution is 2.24. The van der Waals surface area contributed by atoms with Crippen LogP contribution in [-0.4, -0.2) is 43.3 Å². The van der Waals surface area contributed by atoms with Crippen LogP contribution in [0.5, 0.6) is 0 Å². The molecule has 0 bridgehead atoms. The van der Waals surface area contributed by atoms with Crippen molar-refractivity contribution in [2.45, 2.75) is 44.9 Å². The first-order chi connectivity index (χ1) is 11.7. The molecule has 1 aliphatic carbocycles. The Labute approximate surface area is 144 Å². The van der Waals surface area contributed by atoms with Crippen molar-refractivity contribution in [1.29, 1.82) is 0 Å². The van der Waals surface area contributed by atoms with Gasteiger partial charge in [0, 0.05) is 31.5 Å². The standard InChI is InChI=1S/C20H28N2O2/c1-21-14-15-9-11-22(12-10-15)20(24)8-7-19(23)18-6-5-16-3-2-4-17(16)13-18/h5-6,13,15,21H,2-4,7-12,14H2,1H3. The molecule has 4 heteroatoms. The van der Waals surface area contributed by atoms with E-state index in [0.717, 1.165) is 50.9 Å². The molecule has 1 N–H and O–H groups in total. The van der Waals surface area contributed by atoms with Gasteiger partial charge >= 0.3 is 0 Å². The number of rotatable bonds is 6. The van der Waals surface area contributed by atoms with Gasteiger partial charge in [0.25, 0.3) is 0 Å². The molecule has 0 radical (unpaired) electrons. The Kier molecular flexibility index (Phi) is 5.67. The molecule has 0 atom stereocenters. The Morgan fingerprint density at radius 2 is 1.88 bits per heavy atom. The van der Waals surface area contributed by atoms with Crippen molar-refractivity contribution < 1.29 is 9.59 Å². The predicted octanol–water partition coefficient (Wildman–Crippen LogP) is 2.60. The maximum atomic E-state index is 12.4. The van der Waals surface area contributed by atoms with Crippen LogP contribution in [0.2, 0.25) is 0 Å². The molecule has 1 heterocycles. The summed E-state index contributed by atoms with van der Waals surface area (Å²) in [5.41, 5.74) is 3.47. The zero-order valence-electron chi connectivity index (χ0n) is 14.6. The van der Waals surface area contributed by atoms with E-state index in [-0.39, 0.29) is 11.7 Å². The number of benzene rings is 1. The van der Waals surface area contributed by atoms with Crippen LogP contribution in [0.15, 0.2) is 18.2 Å². The monoisotopic (exact) mass is 328 g/mol. The molecule has 0 saturated carbocycles. The third kappa shape index (κ3) is 4.04. The zero-order valence-corrected chi connectivity index (χ0v) is 14.6. The molecule has 1 fully saturated rings. The van der Waals surface area contributed by atoms with Crippen LogP contribution in [0, 0.1) is 5.92 Å². The summed E-state index contributed by atoms with van der Waals surface area (Å²) in [7, 11) is 1.97. The van der Waals surface area contributed by atoms with Gasteiger partial charge < -0.3 is 10.2 Å². The third-order valence-electron chi connectivity index (χ3n) is 5.45. The lowest BCUT2D eigenvalue weighted by atomic mass is 9.96. The average Bonchev–Trinajstić information content (AvgIpc) is 3.08. The minimum Gasteiger partial charge on any atom is -0.343 e. The molecule has 1 aromatic rings. The Hall–Kier alpha value is -1.68. The molecule has 24 heavy (non-hydrogen) atoms. The second-order valence-corrected chi connectivity index (χ2v) is 7.14. The van der Waals surface area contributed by atoms with Crippen molar-refractivity contribution in [2.24, 2.45) is 5.92 Å². The number of likely N-dealkylation sites (tertiary alicyclic amines) is 1. The normalized spacial score (nSPS) is 17.8. The lowest BCUT2D eigenvalue weighted by molar-refractivity contribution is -0.132. The Bertz CT molecular complexity index is 604. The van der Waals surface area contributed by atoms with Crippen LogP contribution in [0.1, 0.15) is 53.6 Å². The maximum Gasteiger partial charge on any atom is 0.223 e. The quantitative estimate of drug-likeness (QED) is 0.817. The Morgan fingerprint density at radius 3 is 2.62 bits per heavy atom. The van der Waals surface area contributed by atoms with E-state index in [4.69, 9.17) is 0 Å². The van der Waals surface area contributed by atoms with E-state index in [0.29, 0.717) is 18.8 Å². The largest absolute Gasteiger partial charge is 0.343 e. The molecule has 1 amide bonds. The molecule has 1 aliphatic heterocycles. The van der Waals surface area contributed by atoms with Crippen LogP contribution >= 0.6 is 0 Å². The summed E-state index contributed by atoms with van der Waals surface area (Å²) >= 11 is 0. The summed E-state index contributed by atoms with van der Waals surface area (Å²) in [6.07, 6.45) is 6.19. The lowest BCUT2D eigenvalue weighted by Gasteiger charge is -2.32. The topological polar surface area (TPSA) is 49.4 Å². The van der Waals surface area contributed by atoms with Gasteiger partial charge in [-0.25, -0.2) is 0 Å². The van der Waals surface area contributed by atoms with E-state index in [9.17, 15) is 9.59 Å². The summed E-state index contributed by atoms with van der Waals surface area (Å²) in [6, 6.07) is 6.06. The van der Waals surface area contributed by atoms with Gasteiger partial charge in [-0.05, 0) is 68.8 Å². The van der Waals surface area contributed by atoms with E-state index in [1.54, 1.807) is 0 Å². The minimum atomic E-state index is 0.100. The fourth-order valence-corrected chi connectivity index (χ4v) is 3.94. The zero-order chi connectivity index (χ0) is 16.9. The smallest absolute Gasteiger partial charge is 0.223 e. The van der Waals surface area contributed by atoms with Gasteiger partial charge in [0.15, 0.2) is 5.78 Å². The number of nitrogens with zero attached hydrogens (tertiary/aromatic N) is 1. The number of piperidine rings is 1. The van der Waals surface area contributed by atoms with Crippen molar-refractivity contribution in [3.05, 3.63) is 34.9 Å². The Balaban J connectivity index is 1.47. The summed E-state index contributed by atoms with van der Waals surface area (Å²) in [4.78, 5) is 26.7. The molecule has 0 unspecified atom stereocenters. The SMILES string of the molecule is CNCC1CCN(C(=O)CCC(=O)c2ccc3c(c2)CCC3)CC1. The van der Waals surface area contributed by atoms with Crippen LogP contribution in [0.3, 0.4) is 0 Å². The first-order valence-corrected chi connectivity index (χ1v) is 9.24. The number of nitrogens with one attached hydrogen (secondary N) is 1. The number of carbonyl (C=O) groups is 2. The Morgan fingerprint density at radius 1 is 1.12 bits per heavy atom. The molecule has 4 nitrogen and oxygen atoms in total. The molecule has 0 aromatic heterocycles. The highest BCUT2D eigenvalue weighted by atomic mass is 16.2. The number of ketones is 1. The summed E-state index contributed by atoms with van der Waals surface area (Å²) < 4.78 is 0. The van der Waals surface area contributed by atoms with Crippen LogP contribution < -0.4 is 5.32 Å². The molecule has 2 aliphatic rings. The van der Waals surface area contributed by atoms with Gasteiger partial charge in [0.1, 0.15) is 0 Å². The molecule has 1 saturated heterocycles. The van der Waals surface area contributed by atoms with Gasteiger partial charge in [-0.3, -0.25) is 9.59 Å². The third-order valence-corrected chi connectivity index (χ3v) is 5.45. The molecular weight excluding hydrogens is 300 g/mol. The number of Topliss-reactive ketones (excluding diaryl/α,β-unsaturated/α-hetero) is 1. The number of amides is 1. The molecule has 0 spiro atoms. The van der Waals surface area contributed by atoms with E-state index >= 15 is 0 Å². The van der Waals surface area contributed by atoms with Gasteiger partial charge in [0.05, 0.1) is 0 Å². The summed E-state index contributed by atoms with van der Waals surface area (Å²) in [5, 5.41) is 3.21. The number of hydrogen-bond donors (Lipinski definition) is 1. The summed E-state index contributed by atoms with van der Waals surface area (Å²) in [6.45, 7) is 2.69. The number of carbonyl (C=O) groups excluding carboxylic acids is 2. The van der Waals surface area contributed by atoms with Crippen LogP contribution in [-0.2, 0) is 17.6 Å². The number of fused-ring (bicyclic) bond motifs is 1. The molecule has 130 valence electrons. The molecular formula is C20H28N2O2. The highest BCUT2D eigenvalue weighted by molar-refractivity contribution is 5.98. The van der Waals surface area contributed by atoms with Gasteiger partial charge in [-0.1, -0.05) is 12.1 Å². The lowest BCUT2D eigenvalue weighted by Crippen LogP contribution is -2.40. The maximum absolute atomic E-state index is 12.4. The van der Waals surface area contributed by atoms with Crippen LogP contribution in [0.4, 0.5) is 0 Å². The van der Waals surface area contributed by atoms with Crippen LogP contribution in [0.25, 0.3) is 0 Å². The average molecular weight is 328 g/mol. The van der Waals surface area contributed by atoms with E-state index in [1.165, 1.54) is 17.5 Å². The van der Waals surface area contributed by atoms with Crippen molar-refractivity contribution in [3.8, 4) is 0 Å². The molecule has 1 aromatic carbocycles. The number of aryl methyl sites for hydroxylation is 2. The first kappa shape index (κ1) is 17.2. The van der Waals surface area contributed by atoms with Crippen molar-refractivity contribution in [2.75, 3.05) is 26.7 Å². The van der Waals surface area contributed by atoms with Crippen molar-refractivity contribution >= 4 is 11.7 Å². The second kappa shape index (κ2) is 7.93. The van der Waals surface area contributed by atoms with Crippen molar-refractivity contribution in [3.63, 3.8) is 0 Å². The number of hydrogen-bond acceptors (Lipinski definition) is 3. The van der Waals surface area contributed by atoms with E-state index < -0.39 is 0 Å². The predicted molar refractivity (Wildman–Crippen MR) is 95.3 cm³/mol. The minimum absolute atomic E-state index is 0.100. The van der Waals surface area contributed by atoms with E-state index in [2.05, 4.69) is 11.4 Å². The van der Waals surface area contributed by atoms with Gasteiger partial charge in [0.2, 0.25) is 5.91 Å². The highest BCUT2D eigenvalue weighted by Gasteiger charge is 2.23. The van der Waals surface area contributed by atoms with Gasteiger partial charge in [-0.2, -0.15) is 0 Å². The van der Waals surface area contributed by atoms with Gasteiger partial charge in [-0.15, -0.1) is 0 Å². The summed E-state index contributed by atoms with van der Waals surface area (Å²) in [5.74, 6) is 0.905. The second-order valence-electron chi connectivity index (χ2n) is 7.14.